The first-order valence-electron chi connectivity index (χ1n) is 19.5. The van der Waals surface area contributed by atoms with Gasteiger partial charge in [0.05, 0.1) is 13.2 Å². The molecular formula is C44H53N3O7Si. The number of benzene rings is 3. The smallest absolute Gasteiger partial charge is 0.265 e. The highest BCUT2D eigenvalue weighted by molar-refractivity contribution is 6.74. The number of likely N-dealkylation sites (tertiary alicyclic amines) is 1. The van der Waals surface area contributed by atoms with Gasteiger partial charge < -0.3 is 23.5 Å². The molecule has 1 aliphatic heterocycles. The van der Waals surface area contributed by atoms with Gasteiger partial charge in [-0.15, -0.1) is 0 Å². The fraction of sp³-hybridized carbons (Fsp3) is 0.477. The summed E-state index contributed by atoms with van der Waals surface area (Å²) in [6.07, 6.45) is 2.07. The lowest BCUT2D eigenvalue weighted by Gasteiger charge is -2.55. The molecule has 1 aromatic heterocycles. The zero-order valence-corrected chi connectivity index (χ0v) is 34.5. The van der Waals surface area contributed by atoms with E-state index in [-0.39, 0.29) is 34.4 Å². The third-order valence-corrected chi connectivity index (χ3v) is 17.6. The lowest BCUT2D eigenvalue weighted by atomic mass is 9.57. The molecule has 3 aromatic carbocycles. The maximum atomic E-state index is 15.8. The largest absolute Gasteiger partial charge is 0.507 e. The number of hydrogen-bond acceptors (Lipinski definition) is 10. The number of ether oxygens (including phenoxy) is 2. The predicted octanol–water partition coefficient (Wildman–Crippen LogP) is 8.22. The highest BCUT2D eigenvalue weighted by Gasteiger charge is 2.69. The van der Waals surface area contributed by atoms with Crippen molar-refractivity contribution in [3.63, 3.8) is 0 Å². The molecule has 2 heterocycles. The number of hydrogen-bond donors (Lipinski definition) is 1. The van der Waals surface area contributed by atoms with Crippen molar-refractivity contribution in [3.05, 3.63) is 93.2 Å². The molecule has 11 heteroatoms. The molecule has 4 aromatic rings. The molecule has 290 valence electrons. The number of nitrogens with zero attached hydrogens (tertiary/aromatic N) is 3. The summed E-state index contributed by atoms with van der Waals surface area (Å²) in [5.74, 6) is -1.01. The van der Waals surface area contributed by atoms with Crippen LogP contribution < -0.4 is 9.47 Å². The zero-order chi connectivity index (χ0) is 39.2. The average Bonchev–Trinajstić information content (AvgIpc) is 3.53. The zero-order valence-electron chi connectivity index (χ0n) is 33.5. The Morgan fingerprint density at radius 3 is 2.38 bits per heavy atom. The Kier molecular flexibility index (Phi) is 9.19. The van der Waals surface area contributed by atoms with Crippen molar-refractivity contribution in [1.82, 2.24) is 15.0 Å². The van der Waals surface area contributed by atoms with Crippen molar-refractivity contribution in [2.45, 2.75) is 89.9 Å². The molecule has 1 N–H and O–H groups in total. The van der Waals surface area contributed by atoms with Crippen molar-refractivity contribution in [2.24, 2.45) is 11.8 Å². The number of fused-ring (bicyclic) bond motifs is 5. The highest BCUT2D eigenvalue weighted by atomic mass is 28.4. The summed E-state index contributed by atoms with van der Waals surface area (Å²) in [5.41, 5.74) is 2.89. The number of aryl methyl sites for hydroxylation is 1. The van der Waals surface area contributed by atoms with Gasteiger partial charge in [0.15, 0.2) is 19.7 Å². The molecule has 0 radical (unpaired) electrons. The van der Waals surface area contributed by atoms with E-state index in [1.165, 1.54) is 12.0 Å². The Morgan fingerprint density at radius 1 is 1.02 bits per heavy atom. The Bertz CT molecular complexity index is 2230. The first-order chi connectivity index (χ1) is 26.1. The van der Waals surface area contributed by atoms with Crippen LogP contribution in [-0.2, 0) is 28.8 Å². The Balaban J connectivity index is 1.32. The van der Waals surface area contributed by atoms with Gasteiger partial charge >= 0.3 is 0 Å². The highest BCUT2D eigenvalue weighted by Crippen LogP contribution is 2.59. The number of Topliss-reactive ketones (excluding diaryl/α,β-unsaturated/α-hetero) is 2. The van der Waals surface area contributed by atoms with Crippen LogP contribution in [0, 0.1) is 18.8 Å². The molecule has 0 spiro atoms. The van der Waals surface area contributed by atoms with Crippen LogP contribution in [0.5, 0.6) is 11.6 Å². The predicted molar refractivity (Wildman–Crippen MR) is 214 cm³/mol. The van der Waals surface area contributed by atoms with Gasteiger partial charge in [-0.1, -0.05) is 63.2 Å². The molecule has 55 heavy (non-hydrogen) atoms. The second-order valence-electron chi connectivity index (χ2n) is 17.7. The van der Waals surface area contributed by atoms with Crippen molar-refractivity contribution >= 4 is 36.4 Å². The number of aromatic nitrogens is 1. The van der Waals surface area contributed by atoms with E-state index in [0.717, 1.165) is 47.1 Å². The average molecular weight is 764 g/mol. The number of ketones is 2. The maximum absolute atomic E-state index is 15.8. The van der Waals surface area contributed by atoms with Gasteiger partial charge in [0.2, 0.25) is 11.6 Å². The van der Waals surface area contributed by atoms with Crippen LogP contribution >= 0.6 is 0 Å². The molecule has 0 amide bonds. The van der Waals surface area contributed by atoms with Gasteiger partial charge in [0.25, 0.3) is 5.88 Å². The van der Waals surface area contributed by atoms with E-state index in [4.69, 9.17) is 18.4 Å². The number of carbonyl (C=O) groups is 2. The van der Waals surface area contributed by atoms with E-state index >= 15 is 9.59 Å². The van der Waals surface area contributed by atoms with Crippen LogP contribution in [-0.4, -0.2) is 79.8 Å². The molecule has 0 bridgehead atoms. The number of aliphatic hydroxyl groups excluding tert-OH is 1. The summed E-state index contributed by atoms with van der Waals surface area (Å²) in [6.45, 7) is 15.6. The van der Waals surface area contributed by atoms with Gasteiger partial charge in [-0.25, -0.2) is 0 Å². The summed E-state index contributed by atoms with van der Waals surface area (Å²) in [7, 11) is 2.66. The van der Waals surface area contributed by atoms with Crippen LogP contribution in [0.2, 0.25) is 18.1 Å². The molecule has 1 saturated heterocycles. The first-order valence-corrected chi connectivity index (χ1v) is 22.4. The van der Waals surface area contributed by atoms with E-state index < -0.39 is 43.4 Å². The van der Waals surface area contributed by atoms with Crippen molar-refractivity contribution < 1.29 is 33.1 Å². The monoisotopic (exact) mass is 763 g/mol. The standard InChI is InChI=1S/C44H53N3O7Si/c1-25-30-20-27(23-47-18-13-19-47)16-17-29(30)38(51-7)31-21-28-22-32-36(46(5)6)39-35(42(45-53-39)52-24-26-14-11-10-12-15-26)41(50)44(32,54-55(8,9)43(2,3)4)40(49)34(28)37(48)33(25)31/h10-12,14-17,20,28,32,36,48H,13,18-19,21-24H2,1-9H3/t28-,32-,36-,44-/m0/s1. The SMILES string of the molecule is COc1c2c(c(C)c3cc(CN4CCC4)ccc13)C(O)=C1C(=O)[C@]3(O[Si](C)(C)C(C)(C)C)C(=O)c4c(OCc5ccccc5)noc4[C@@H](N(C)C)[C@@H]3C[C@@H]1C2. The third-order valence-electron chi connectivity index (χ3n) is 13.1. The number of methoxy groups -OCH3 is 1. The van der Waals surface area contributed by atoms with Gasteiger partial charge in [-0.05, 0) is 111 Å². The molecule has 4 aliphatic rings. The number of carbonyl (C=O) groups excluding carboxylic acids is 2. The lowest BCUT2D eigenvalue weighted by Crippen LogP contribution is -2.68. The van der Waals surface area contributed by atoms with Crippen molar-refractivity contribution in [1.29, 1.82) is 0 Å². The Hall–Kier alpha value is -4.29. The first kappa shape index (κ1) is 37.6. The van der Waals surface area contributed by atoms with E-state index in [2.05, 4.69) is 62.1 Å². The van der Waals surface area contributed by atoms with E-state index in [9.17, 15) is 5.11 Å². The van der Waals surface area contributed by atoms with Crippen LogP contribution in [0.25, 0.3) is 16.5 Å². The quantitative estimate of drug-likeness (QED) is 0.132. The maximum Gasteiger partial charge on any atom is 0.265 e. The molecule has 0 unspecified atom stereocenters. The van der Waals surface area contributed by atoms with E-state index in [1.54, 1.807) is 7.11 Å². The summed E-state index contributed by atoms with van der Waals surface area (Å²) in [5, 5.41) is 18.5. The van der Waals surface area contributed by atoms with Gasteiger partial charge in [-0.3, -0.25) is 19.4 Å². The second kappa shape index (κ2) is 13.4. The van der Waals surface area contributed by atoms with Gasteiger partial charge in [0, 0.05) is 34.5 Å². The molecule has 3 aliphatic carbocycles. The summed E-state index contributed by atoms with van der Waals surface area (Å²) in [4.78, 5) is 35.7. The minimum atomic E-state index is -2.86. The third kappa shape index (κ3) is 5.80. The normalized spacial score (nSPS) is 24.0. The number of rotatable bonds is 9. The summed E-state index contributed by atoms with van der Waals surface area (Å²) >= 11 is 0. The molecule has 2 fully saturated rings. The fourth-order valence-electron chi connectivity index (χ4n) is 9.23. The summed E-state index contributed by atoms with van der Waals surface area (Å²) in [6, 6.07) is 15.6. The molecule has 8 rings (SSSR count). The van der Waals surface area contributed by atoms with Crippen molar-refractivity contribution in [3.8, 4) is 11.6 Å². The van der Waals surface area contributed by atoms with Crippen LogP contribution in [0.15, 0.2) is 58.6 Å². The number of aliphatic hydroxyl groups is 1. The Labute approximate surface area is 324 Å². The van der Waals surface area contributed by atoms with E-state index in [0.29, 0.717) is 29.9 Å². The Morgan fingerprint density at radius 2 is 1.75 bits per heavy atom. The minimum absolute atomic E-state index is 0.0376. The fourth-order valence-corrected chi connectivity index (χ4v) is 10.7. The second-order valence-corrected chi connectivity index (χ2v) is 22.4. The minimum Gasteiger partial charge on any atom is -0.507 e. The lowest BCUT2D eigenvalue weighted by molar-refractivity contribution is -0.140. The van der Waals surface area contributed by atoms with Crippen LogP contribution in [0.4, 0.5) is 0 Å². The molecular weight excluding hydrogens is 711 g/mol. The van der Waals surface area contributed by atoms with E-state index in [1.807, 2.05) is 56.3 Å². The van der Waals surface area contributed by atoms with Gasteiger partial charge in [0.1, 0.15) is 23.7 Å². The molecule has 4 atom stereocenters. The van der Waals surface area contributed by atoms with Crippen LogP contribution in [0.1, 0.15) is 83.6 Å². The molecule has 10 nitrogen and oxygen atoms in total. The van der Waals surface area contributed by atoms with Gasteiger partial charge in [-0.2, -0.15) is 0 Å². The van der Waals surface area contributed by atoms with Crippen LogP contribution in [0.3, 0.4) is 0 Å². The summed E-state index contributed by atoms with van der Waals surface area (Å²) < 4.78 is 25.7. The molecule has 1 saturated carbocycles. The van der Waals surface area contributed by atoms with Crippen molar-refractivity contribution in [2.75, 3.05) is 34.3 Å². The topological polar surface area (TPSA) is 115 Å².